The van der Waals surface area contributed by atoms with Gasteiger partial charge in [0.05, 0.1) is 13.2 Å². The van der Waals surface area contributed by atoms with Crippen molar-refractivity contribution in [2.75, 3.05) is 19.9 Å². The van der Waals surface area contributed by atoms with Crippen molar-refractivity contribution >= 4 is 11.8 Å². The van der Waals surface area contributed by atoms with Crippen LogP contribution in [0.3, 0.4) is 0 Å². The van der Waals surface area contributed by atoms with Gasteiger partial charge in [0.2, 0.25) is 0 Å². The molecule has 1 unspecified atom stereocenters. The molecule has 0 heterocycles. The van der Waals surface area contributed by atoms with Crippen LogP contribution in [-0.4, -0.2) is 19.9 Å². The molecule has 0 aliphatic rings. The summed E-state index contributed by atoms with van der Waals surface area (Å²) in [4.78, 5) is 1.19. The molecule has 0 amide bonds. The van der Waals surface area contributed by atoms with E-state index in [4.69, 9.17) is 4.74 Å². The van der Waals surface area contributed by atoms with Crippen molar-refractivity contribution in [1.82, 2.24) is 5.32 Å². The summed E-state index contributed by atoms with van der Waals surface area (Å²) in [5.41, 5.74) is 1.65. The highest BCUT2D eigenvalue weighted by Crippen LogP contribution is 2.30. The van der Waals surface area contributed by atoms with Crippen LogP contribution in [0.25, 0.3) is 0 Å². The maximum atomic E-state index is 14.5. The van der Waals surface area contributed by atoms with Gasteiger partial charge in [-0.15, -0.1) is 11.8 Å². The van der Waals surface area contributed by atoms with Gasteiger partial charge in [-0.3, -0.25) is 0 Å². The SMILES string of the molecule is CCNC(c1ccc(SC)cc1)c1cccc(OC)c1F. The summed E-state index contributed by atoms with van der Waals surface area (Å²) in [6.07, 6.45) is 2.04. The zero-order chi connectivity index (χ0) is 15.2. The van der Waals surface area contributed by atoms with E-state index in [1.165, 1.54) is 12.0 Å². The Bertz CT molecular complexity index is 586. The summed E-state index contributed by atoms with van der Waals surface area (Å²) in [5.74, 6) is -0.0315. The Balaban J connectivity index is 2.42. The summed E-state index contributed by atoms with van der Waals surface area (Å²) in [6, 6.07) is 13.3. The molecule has 21 heavy (non-hydrogen) atoms. The fourth-order valence-corrected chi connectivity index (χ4v) is 2.72. The highest BCUT2D eigenvalue weighted by atomic mass is 32.2. The minimum Gasteiger partial charge on any atom is -0.494 e. The number of thioether (sulfide) groups is 1. The smallest absolute Gasteiger partial charge is 0.170 e. The van der Waals surface area contributed by atoms with Gasteiger partial charge in [0.15, 0.2) is 11.6 Å². The third kappa shape index (κ3) is 3.57. The Kier molecular flexibility index (Phi) is 5.65. The molecule has 112 valence electrons. The lowest BCUT2D eigenvalue weighted by Gasteiger charge is -2.20. The topological polar surface area (TPSA) is 21.3 Å². The predicted molar refractivity (Wildman–Crippen MR) is 86.7 cm³/mol. The summed E-state index contributed by atoms with van der Waals surface area (Å²) in [6.45, 7) is 2.77. The molecule has 0 aliphatic heterocycles. The molecule has 4 heteroatoms. The Labute approximate surface area is 129 Å². The molecular weight excluding hydrogens is 285 g/mol. The lowest BCUT2D eigenvalue weighted by Crippen LogP contribution is -2.23. The molecule has 2 rings (SSSR count). The predicted octanol–water partition coefficient (Wildman–Crippen LogP) is 4.26. The molecule has 0 fully saturated rings. The maximum absolute atomic E-state index is 14.5. The molecule has 0 aromatic heterocycles. The monoisotopic (exact) mass is 305 g/mol. The zero-order valence-electron chi connectivity index (χ0n) is 12.5. The van der Waals surface area contributed by atoms with Crippen LogP contribution >= 0.6 is 11.8 Å². The molecule has 2 aromatic carbocycles. The van der Waals surface area contributed by atoms with Crippen molar-refractivity contribution in [2.24, 2.45) is 0 Å². The van der Waals surface area contributed by atoms with Crippen molar-refractivity contribution in [3.8, 4) is 5.75 Å². The van der Waals surface area contributed by atoms with Crippen molar-refractivity contribution in [3.63, 3.8) is 0 Å². The first-order chi connectivity index (χ1) is 10.2. The Morgan fingerprint density at radius 1 is 1.19 bits per heavy atom. The molecule has 0 radical (unpaired) electrons. The van der Waals surface area contributed by atoms with Crippen LogP contribution in [0.4, 0.5) is 4.39 Å². The second-order valence-corrected chi connectivity index (χ2v) is 5.51. The second-order valence-electron chi connectivity index (χ2n) is 4.63. The molecule has 2 nitrogen and oxygen atoms in total. The zero-order valence-corrected chi connectivity index (χ0v) is 13.3. The van der Waals surface area contributed by atoms with Crippen LogP contribution < -0.4 is 10.1 Å². The summed E-state index contributed by atoms with van der Waals surface area (Å²) >= 11 is 1.69. The molecule has 0 aliphatic carbocycles. The number of hydrogen-bond donors (Lipinski definition) is 1. The van der Waals surface area contributed by atoms with Gasteiger partial charge in [-0.2, -0.15) is 0 Å². The molecule has 1 atom stereocenters. The molecule has 1 N–H and O–H groups in total. The van der Waals surface area contributed by atoms with Gasteiger partial charge in [-0.1, -0.05) is 31.2 Å². The Morgan fingerprint density at radius 3 is 2.48 bits per heavy atom. The lowest BCUT2D eigenvalue weighted by atomic mass is 9.98. The van der Waals surface area contributed by atoms with E-state index in [1.807, 2.05) is 31.4 Å². The molecule has 0 bridgehead atoms. The van der Waals surface area contributed by atoms with Crippen molar-refractivity contribution in [2.45, 2.75) is 17.9 Å². The molecule has 0 spiro atoms. The van der Waals surface area contributed by atoms with Crippen LogP contribution in [0.1, 0.15) is 24.1 Å². The number of hydrogen-bond acceptors (Lipinski definition) is 3. The third-order valence-corrected chi connectivity index (χ3v) is 4.13. The number of benzene rings is 2. The van der Waals surface area contributed by atoms with Crippen LogP contribution in [0.15, 0.2) is 47.4 Å². The normalized spacial score (nSPS) is 12.2. The summed E-state index contributed by atoms with van der Waals surface area (Å²) < 4.78 is 19.6. The first-order valence-corrected chi connectivity index (χ1v) is 8.13. The standard InChI is InChI=1S/C17H20FNOS/c1-4-19-17(12-8-10-13(21-3)11-9-12)14-6-5-7-15(20-2)16(14)18/h5-11,17,19H,4H2,1-3H3. The van der Waals surface area contributed by atoms with Crippen molar-refractivity contribution in [3.05, 3.63) is 59.4 Å². The average molecular weight is 305 g/mol. The van der Waals surface area contributed by atoms with Crippen LogP contribution in [-0.2, 0) is 0 Å². The van der Waals surface area contributed by atoms with Crippen LogP contribution in [0.5, 0.6) is 5.75 Å². The van der Waals surface area contributed by atoms with Crippen molar-refractivity contribution < 1.29 is 9.13 Å². The second kappa shape index (κ2) is 7.48. The summed E-state index contributed by atoms with van der Waals surface area (Å²) in [5, 5.41) is 3.34. The minimum absolute atomic E-state index is 0.180. The van der Waals surface area contributed by atoms with E-state index >= 15 is 0 Å². The molecule has 2 aromatic rings. The average Bonchev–Trinajstić information content (AvgIpc) is 2.53. The number of methoxy groups -OCH3 is 1. The maximum Gasteiger partial charge on any atom is 0.170 e. The summed E-state index contributed by atoms with van der Waals surface area (Å²) in [7, 11) is 1.48. The van der Waals surface area contributed by atoms with E-state index in [0.29, 0.717) is 5.56 Å². The van der Waals surface area contributed by atoms with E-state index in [1.54, 1.807) is 23.9 Å². The van der Waals surface area contributed by atoms with E-state index in [0.717, 1.165) is 12.1 Å². The van der Waals surface area contributed by atoms with Crippen LogP contribution in [0, 0.1) is 5.82 Å². The van der Waals surface area contributed by atoms with Crippen LogP contribution in [0.2, 0.25) is 0 Å². The molecule has 0 saturated heterocycles. The fourth-order valence-electron chi connectivity index (χ4n) is 2.32. The van der Waals surface area contributed by atoms with Gasteiger partial charge >= 0.3 is 0 Å². The first kappa shape index (κ1) is 15.9. The third-order valence-electron chi connectivity index (χ3n) is 3.38. The highest BCUT2D eigenvalue weighted by Gasteiger charge is 2.19. The van der Waals surface area contributed by atoms with Gasteiger partial charge in [-0.25, -0.2) is 4.39 Å². The number of ether oxygens (including phenoxy) is 1. The van der Waals surface area contributed by atoms with E-state index in [9.17, 15) is 4.39 Å². The van der Waals surface area contributed by atoms with E-state index in [-0.39, 0.29) is 17.6 Å². The number of nitrogens with one attached hydrogen (secondary N) is 1. The van der Waals surface area contributed by atoms with E-state index in [2.05, 4.69) is 17.4 Å². The van der Waals surface area contributed by atoms with Gasteiger partial charge in [-0.05, 0) is 36.6 Å². The van der Waals surface area contributed by atoms with Gasteiger partial charge in [0.1, 0.15) is 0 Å². The highest BCUT2D eigenvalue weighted by molar-refractivity contribution is 7.98. The largest absolute Gasteiger partial charge is 0.494 e. The lowest BCUT2D eigenvalue weighted by molar-refractivity contribution is 0.381. The van der Waals surface area contributed by atoms with Gasteiger partial charge in [0.25, 0.3) is 0 Å². The van der Waals surface area contributed by atoms with E-state index < -0.39 is 0 Å². The number of rotatable bonds is 6. The Morgan fingerprint density at radius 2 is 1.90 bits per heavy atom. The molecule has 0 saturated carbocycles. The fraction of sp³-hybridized carbons (Fsp3) is 0.294. The van der Waals surface area contributed by atoms with Gasteiger partial charge < -0.3 is 10.1 Å². The van der Waals surface area contributed by atoms with Crippen molar-refractivity contribution in [1.29, 1.82) is 0 Å². The minimum atomic E-state index is -0.306. The molecular formula is C17H20FNOS. The Hall–Kier alpha value is -1.52. The van der Waals surface area contributed by atoms with Gasteiger partial charge in [0, 0.05) is 10.5 Å². The first-order valence-electron chi connectivity index (χ1n) is 6.91. The number of halogens is 1. The quantitative estimate of drug-likeness (QED) is 0.806.